The van der Waals surface area contributed by atoms with Gasteiger partial charge in [-0.15, -0.1) is 0 Å². The van der Waals surface area contributed by atoms with Crippen LogP contribution in [0.3, 0.4) is 0 Å². The zero-order valence-corrected chi connectivity index (χ0v) is 13.7. The van der Waals surface area contributed by atoms with Crippen LogP contribution in [0.5, 0.6) is 0 Å². The quantitative estimate of drug-likeness (QED) is 0.743. The van der Waals surface area contributed by atoms with E-state index in [4.69, 9.17) is 22.7 Å². The average Bonchev–Trinajstić information content (AvgIpc) is 2.50. The highest BCUT2D eigenvalue weighted by Gasteiger charge is 2.35. The van der Waals surface area contributed by atoms with Crippen LogP contribution in [-0.4, -0.2) is 40.0 Å². The zero-order chi connectivity index (χ0) is 15.9. The summed E-state index contributed by atoms with van der Waals surface area (Å²) in [5, 5.41) is 0. The Hall–Kier alpha value is -1.53. The maximum absolute atomic E-state index is 12.7. The number of methoxy groups -OCH3 is 1. The predicted octanol–water partition coefficient (Wildman–Crippen LogP) is 1.90. The molecule has 6 heteroatoms. The number of nitrogens with zero attached hydrogens (tertiary/aromatic N) is 2. The monoisotopic (exact) mass is 309 g/mol. The fourth-order valence-electron chi connectivity index (χ4n) is 1.93. The molecular weight excluding hydrogens is 286 g/mol. The van der Waals surface area contributed by atoms with Gasteiger partial charge in [0.1, 0.15) is 5.60 Å². The normalized spacial score (nSPS) is 13.5. The SMILES string of the molecule is CCC(C)(OC)C(=O)N(CCC(N)=S)Cc1cccnc1. The van der Waals surface area contributed by atoms with Gasteiger partial charge in [0.2, 0.25) is 0 Å². The van der Waals surface area contributed by atoms with Gasteiger partial charge in [0.15, 0.2) is 0 Å². The molecule has 1 aromatic heterocycles. The summed E-state index contributed by atoms with van der Waals surface area (Å²) in [5.74, 6) is -0.0624. The minimum atomic E-state index is -0.835. The Balaban J connectivity index is 2.90. The molecule has 0 fully saturated rings. The van der Waals surface area contributed by atoms with E-state index in [1.54, 1.807) is 31.3 Å². The third-order valence-corrected chi connectivity index (χ3v) is 3.79. The molecule has 0 spiro atoms. The Bertz CT molecular complexity index is 475. The molecule has 1 rings (SSSR count). The van der Waals surface area contributed by atoms with Crippen LogP contribution in [0.15, 0.2) is 24.5 Å². The van der Waals surface area contributed by atoms with Crippen molar-refractivity contribution in [2.75, 3.05) is 13.7 Å². The van der Waals surface area contributed by atoms with Crippen LogP contribution >= 0.6 is 12.2 Å². The molecule has 5 nitrogen and oxygen atoms in total. The summed E-state index contributed by atoms with van der Waals surface area (Å²) in [5.41, 5.74) is 5.68. The van der Waals surface area contributed by atoms with Gasteiger partial charge in [-0.25, -0.2) is 0 Å². The third kappa shape index (κ3) is 5.06. The van der Waals surface area contributed by atoms with Crippen LogP contribution in [0.1, 0.15) is 32.3 Å². The van der Waals surface area contributed by atoms with E-state index < -0.39 is 5.60 Å². The van der Waals surface area contributed by atoms with Crippen molar-refractivity contribution in [3.05, 3.63) is 30.1 Å². The highest BCUT2D eigenvalue weighted by molar-refractivity contribution is 7.80. The van der Waals surface area contributed by atoms with Crippen molar-refractivity contribution in [1.82, 2.24) is 9.88 Å². The molecule has 21 heavy (non-hydrogen) atoms. The molecule has 116 valence electrons. The summed E-state index contributed by atoms with van der Waals surface area (Å²) in [6.07, 6.45) is 4.54. The number of rotatable bonds is 8. The van der Waals surface area contributed by atoms with Gasteiger partial charge in [-0.2, -0.15) is 0 Å². The van der Waals surface area contributed by atoms with Crippen molar-refractivity contribution in [1.29, 1.82) is 0 Å². The van der Waals surface area contributed by atoms with Crippen molar-refractivity contribution in [2.45, 2.75) is 38.8 Å². The molecular formula is C15H23N3O2S. The molecule has 1 heterocycles. The maximum Gasteiger partial charge on any atom is 0.254 e. The van der Waals surface area contributed by atoms with Gasteiger partial charge in [0, 0.05) is 39.0 Å². The number of nitrogens with two attached hydrogens (primary N) is 1. The molecule has 1 aromatic rings. The molecule has 0 saturated carbocycles. The van der Waals surface area contributed by atoms with Crippen LogP contribution in [-0.2, 0) is 16.1 Å². The molecule has 1 amide bonds. The van der Waals surface area contributed by atoms with E-state index >= 15 is 0 Å². The molecule has 0 aliphatic carbocycles. The second-order valence-electron chi connectivity index (χ2n) is 5.09. The van der Waals surface area contributed by atoms with E-state index in [0.29, 0.717) is 30.9 Å². The largest absolute Gasteiger partial charge is 0.393 e. The Labute approximate surface area is 131 Å². The van der Waals surface area contributed by atoms with E-state index in [0.717, 1.165) is 5.56 Å². The van der Waals surface area contributed by atoms with Crippen molar-refractivity contribution in [3.8, 4) is 0 Å². The van der Waals surface area contributed by atoms with Crippen LogP contribution in [0.2, 0.25) is 0 Å². The first-order chi connectivity index (χ1) is 9.92. The number of thiocarbonyl (C=S) groups is 1. The summed E-state index contributed by atoms with van der Waals surface area (Å²) in [7, 11) is 1.55. The number of aromatic nitrogens is 1. The zero-order valence-electron chi connectivity index (χ0n) is 12.8. The molecule has 0 bridgehead atoms. The molecule has 0 radical (unpaired) electrons. The Morgan fingerprint density at radius 1 is 1.57 bits per heavy atom. The van der Waals surface area contributed by atoms with E-state index in [1.807, 2.05) is 19.1 Å². The van der Waals surface area contributed by atoms with Crippen molar-refractivity contribution >= 4 is 23.1 Å². The maximum atomic E-state index is 12.7. The summed E-state index contributed by atoms with van der Waals surface area (Å²) in [6.45, 7) is 4.67. The number of hydrogen-bond donors (Lipinski definition) is 1. The van der Waals surface area contributed by atoms with Crippen molar-refractivity contribution in [2.24, 2.45) is 5.73 Å². The van der Waals surface area contributed by atoms with Crippen LogP contribution in [0.4, 0.5) is 0 Å². The topological polar surface area (TPSA) is 68.5 Å². The number of pyridine rings is 1. The lowest BCUT2D eigenvalue weighted by molar-refractivity contribution is -0.154. The summed E-state index contributed by atoms with van der Waals surface area (Å²) in [6, 6.07) is 3.78. The second kappa shape index (κ2) is 8.05. The summed E-state index contributed by atoms with van der Waals surface area (Å²) >= 11 is 4.91. The van der Waals surface area contributed by atoms with E-state index in [2.05, 4.69) is 4.98 Å². The van der Waals surface area contributed by atoms with E-state index in [-0.39, 0.29) is 5.91 Å². The number of carbonyl (C=O) groups excluding carboxylic acids is 1. The minimum absolute atomic E-state index is 0.0624. The predicted molar refractivity (Wildman–Crippen MR) is 86.8 cm³/mol. The lowest BCUT2D eigenvalue weighted by atomic mass is 10.0. The minimum Gasteiger partial charge on any atom is -0.393 e. The lowest BCUT2D eigenvalue weighted by Gasteiger charge is -2.33. The smallest absolute Gasteiger partial charge is 0.254 e. The fourth-order valence-corrected chi connectivity index (χ4v) is 2.02. The number of hydrogen-bond acceptors (Lipinski definition) is 4. The Kier molecular flexibility index (Phi) is 6.71. The first kappa shape index (κ1) is 17.5. The van der Waals surface area contributed by atoms with Gasteiger partial charge in [-0.05, 0) is 25.0 Å². The van der Waals surface area contributed by atoms with Crippen LogP contribution in [0.25, 0.3) is 0 Å². The molecule has 0 aliphatic rings. The van der Waals surface area contributed by atoms with Gasteiger partial charge >= 0.3 is 0 Å². The number of amides is 1. The average molecular weight is 309 g/mol. The van der Waals surface area contributed by atoms with Gasteiger partial charge in [-0.3, -0.25) is 9.78 Å². The number of ether oxygens (including phenoxy) is 1. The third-order valence-electron chi connectivity index (χ3n) is 3.59. The second-order valence-corrected chi connectivity index (χ2v) is 5.62. The first-order valence-electron chi connectivity index (χ1n) is 6.94. The molecule has 1 atom stereocenters. The highest BCUT2D eigenvalue weighted by Crippen LogP contribution is 2.19. The van der Waals surface area contributed by atoms with Crippen molar-refractivity contribution in [3.63, 3.8) is 0 Å². The lowest BCUT2D eigenvalue weighted by Crippen LogP contribution is -2.48. The molecule has 0 saturated heterocycles. The van der Waals surface area contributed by atoms with E-state index in [9.17, 15) is 4.79 Å². The number of carbonyl (C=O) groups is 1. The van der Waals surface area contributed by atoms with Gasteiger partial charge < -0.3 is 15.4 Å². The fraction of sp³-hybridized carbons (Fsp3) is 0.533. The van der Waals surface area contributed by atoms with E-state index in [1.165, 1.54) is 0 Å². The summed E-state index contributed by atoms with van der Waals surface area (Å²) < 4.78 is 5.40. The van der Waals surface area contributed by atoms with Crippen LogP contribution < -0.4 is 5.73 Å². The Morgan fingerprint density at radius 3 is 2.76 bits per heavy atom. The first-order valence-corrected chi connectivity index (χ1v) is 7.35. The Morgan fingerprint density at radius 2 is 2.29 bits per heavy atom. The van der Waals surface area contributed by atoms with Gasteiger partial charge in [-0.1, -0.05) is 25.2 Å². The summed E-state index contributed by atoms with van der Waals surface area (Å²) in [4.78, 5) is 18.9. The highest BCUT2D eigenvalue weighted by atomic mass is 32.1. The van der Waals surface area contributed by atoms with Gasteiger partial charge in [0.25, 0.3) is 5.91 Å². The molecule has 2 N–H and O–H groups in total. The molecule has 0 aliphatic heterocycles. The van der Waals surface area contributed by atoms with Gasteiger partial charge in [0.05, 0.1) is 4.99 Å². The molecule has 1 unspecified atom stereocenters. The molecule has 0 aromatic carbocycles. The standard InChI is InChI=1S/C15H23N3O2S/c1-4-15(2,20-3)14(19)18(9-7-13(16)21)11-12-6-5-8-17-10-12/h5-6,8,10H,4,7,9,11H2,1-3H3,(H2,16,21). The van der Waals surface area contributed by atoms with Crippen LogP contribution in [0, 0.1) is 0 Å². The van der Waals surface area contributed by atoms with Crippen molar-refractivity contribution < 1.29 is 9.53 Å².